The molecule has 1 atom stereocenters. The Labute approximate surface area is 120 Å². The van der Waals surface area contributed by atoms with Crippen LogP contribution < -0.4 is 0 Å². The second kappa shape index (κ2) is 6.40. The van der Waals surface area contributed by atoms with E-state index >= 15 is 0 Å². The molecule has 0 saturated carbocycles. The van der Waals surface area contributed by atoms with E-state index in [-0.39, 0.29) is 5.91 Å². The normalized spacial score (nSPS) is 18.4. The molecule has 0 spiro atoms. The van der Waals surface area contributed by atoms with E-state index < -0.39 is 0 Å². The van der Waals surface area contributed by atoms with Crippen molar-refractivity contribution in [1.82, 2.24) is 9.80 Å². The second-order valence-corrected chi connectivity index (χ2v) is 5.70. The Balaban J connectivity index is 1.87. The number of nitrogens with zero attached hydrogens (tertiary/aromatic N) is 2. The number of carbonyl (C=O) groups is 1. The van der Waals surface area contributed by atoms with Crippen molar-refractivity contribution in [3.8, 4) is 0 Å². The van der Waals surface area contributed by atoms with Crippen LogP contribution in [0.3, 0.4) is 0 Å². The van der Waals surface area contributed by atoms with E-state index in [1.807, 2.05) is 23.1 Å². The Hall–Kier alpha value is -1.06. The third kappa shape index (κ3) is 3.95. The van der Waals surface area contributed by atoms with E-state index in [4.69, 9.17) is 11.6 Å². The number of benzene rings is 1. The Kier molecular flexibility index (Phi) is 4.83. The van der Waals surface area contributed by atoms with E-state index in [9.17, 15) is 4.79 Å². The van der Waals surface area contributed by atoms with Crippen LogP contribution in [0.25, 0.3) is 0 Å². The van der Waals surface area contributed by atoms with Gasteiger partial charge in [-0.05, 0) is 23.6 Å². The fraction of sp³-hybridized carbons (Fsp3) is 0.533. The molecule has 0 N–H and O–H groups in total. The molecular formula is C15H21ClN2O. The molecule has 0 aliphatic carbocycles. The fourth-order valence-electron chi connectivity index (χ4n) is 2.55. The number of carbonyl (C=O) groups excluding carboxylic acids is 1. The zero-order chi connectivity index (χ0) is 13.8. The van der Waals surface area contributed by atoms with Gasteiger partial charge in [-0.2, -0.15) is 0 Å². The number of piperazine rings is 1. The van der Waals surface area contributed by atoms with E-state index in [0.29, 0.717) is 5.92 Å². The summed E-state index contributed by atoms with van der Waals surface area (Å²) in [7, 11) is 0. The summed E-state index contributed by atoms with van der Waals surface area (Å²) in [6.07, 6.45) is 0. The Morgan fingerprint density at radius 1 is 1.32 bits per heavy atom. The topological polar surface area (TPSA) is 23.6 Å². The van der Waals surface area contributed by atoms with Crippen molar-refractivity contribution < 1.29 is 4.79 Å². The van der Waals surface area contributed by atoms with Gasteiger partial charge in [-0.3, -0.25) is 9.69 Å². The minimum atomic E-state index is 0.183. The lowest BCUT2D eigenvalue weighted by molar-refractivity contribution is -0.130. The first kappa shape index (κ1) is 14.4. The highest BCUT2D eigenvalue weighted by molar-refractivity contribution is 6.30. The molecule has 1 fully saturated rings. The molecule has 1 aliphatic rings. The van der Waals surface area contributed by atoms with Gasteiger partial charge in [0.25, 0.3) is 0 Å². The highest BCUT2D eigenvalue weighted by atomic mass is 35.5. The quantitative estimate of drug-likeness (QED) is 0.850. The lowest BCUT2D eigenvalue weighted by Gasteiger charge is -2.35. The van der Waals surface area contributed by atoms with E-state index in [0.717, 1.165) is 37.7 Å². The molecule has 1 saturated heterocycles. The van der Waals surface area contributed by atoms with E-state index in [2.05, 4.69) is 17.9 Å². The van der Waals surface area contributed by atoms with Crippen molar-refractivity contribution in [2.45, 2.75) is 19.8 Å². The van der Waals surface area contributed by atoms with Crippen LogP contribution in [-0.2, 0) is 4.79 Å². The third-order valence-electron chi connectivity index (χ3n) is 3.77. The van der Waals surface area contributed by atoms with Gasteiger partial charge in [-0.25, -0.2) is 0 Å². The van der Waals surface area contributed by atoms with Crippen molar-refractivity contribution in [2.75, 3.05) is 32.7 Å². The maximum absolute atomic E-state index is 11.3. The smallest absolute Gasteiger partial charge is 0.219 e. The van der Waals surface area contributed by atoms with Gasteiger partial charge in [-0.1, -0.05) is 30.7 Å². The zero-order valence-corrected chi connectivity index (χ0v) is 12.4. The van der Waals surface area contributed by atoms with Gasteiger partial charge in [0.15, 0.2) is 0 Å². The largest absolute Gasteiger partial charge is 0.340 e. The molecule has 1 aromatic rings. The van der Waals surface area contributed by atoms with Gasteiger partial charge in [0.05, 0.1) is 0 Å². The van der Waals surface area contributed by atoms with Crippen molar-refractivity contribution in [3.05, 3.63) is 34.9 Å². The Bertz CT molecular complexity index is 442. The first-order chi connectivity index (χ1) is 9.06. The minimum Gasteiger partial charge on any atom is -0.340 e. The van der Waals surface area contributed by atoms with E-state index in [1.54, 1.807) is 6.92 Å². The van der Waals surface area contributed by atoms with Crippen LogP contribution in [0, 0.1) is 0 Å². The summed E-state index contributed by atoms with van der Waals surface area (Å²) < 4.78 is 0. The van der Waals surface area contributed by atoms with Gasteiger partial charge in [0.2, 0.25) is 5.91 Å². The average Bonchev–Trinajstić information content (AvgIpc) is 2.39. The summed E-state index contributed by atoms with van der Waals surface area (Å²) in [5, 5.41) is 0.797. The van der Waals surface area contributed by atoms with Crippen molar-refractivity contribution in [1.29, 1.82) is 0 Å². The minimum absolute atomic E-state index is 0.183. The van der Waals surface area contributed by atoms with Gasteiger partial charge < -0.3 is 4.90 Å². The van der Waals surface area contributed by atoms with Crippen LogP contribution in [0.1, 0.15) is 25.3 Å². The summed E-state index contributed by atoms with van der Waals surface area (Å²) in [6.45, 7) is 8.50. The summed E-state index contributed by atoms with van der Waals surface area (Å²) in [5.74, 6) is 0.644. The summed E-state index contributed by atoms with van der Waals surface area (Å²) in [4.78, 5) is 15.6. The van der Waals surface area contributed by atoms with Crippen LogP contribution in [0.15, 0.2) is 24.3 Å². The number of halogens is 1. The molecule has 1 amide bonds. The molecule has 4 heteroatoms. The molecule has 19 heavy (non-hydrogen) atoms. The van der Waals surface area contributed by atoms with E-state index in [1.165, 1.54) is 5.56 Å². The molecule has 1 heterocycles. The van der Waals surface area contributed by atoms with Crippen LogP contribution in [0.2, 0.25) is 5.02 Å². The average molecular weight is 281 g/mol. The first-order valence-electron chi connectivity index (χ1n) is 6.79. The Morgan fingerprint density at radius 3 is 2.58 bits per heavy atom. The highest BCUT2D eigenvalue weighted by Gasteiger charge is 2.20. The van der Waals surface area contributed by atoms with Gasteiger partial charge in [0, 0.05) is 44.7 Å². The molecule has 1 aliphatic heterocycles. The van der Waals surface area contributed by atoms with Crippen molar-refractivity contribution in [2.24, 2.45) is 0 Å². The molecule has 0 unspecified atom stereocenters. The van der Waals surface area contributed by atoms with Gasteiger partial charge >= 0.3 is 0 Å². The molecule has 2 rings (SSSR count). The van der Waals surface area contributed by atoms with Crippen molar-refractivity contribution in [3.63, 3.8) is 0 Å². The van der Waals surface area contributed by atoms with Crippen LogP contribution in [-0.4, -0.2) is 48.4 Å². The maximum Gasteiger partial charge on any atom is 0.219 e. The lowest BCUT2D eigenvalue weighted by atomic mass is 10.0. The molecular weight excluding hydrogens is 260 g/mol. The molecule has 0 radical (unpaired) electrons. The molecule has 1 aromatic carbocycles. The van der Waals surface area contributed by atoms with Gasteiger partial charge in [0.1, 0.15) is 0 Å². The monoisotopic (exact) mass is 280 g/mol. The summed E-state index contributed by atoms with van der Waals surface area (Å²) in [6, 6.07) is 8.08. The standard InChI is InChI=1S/C15H21ClN2O/c1-12(14-4-3-5-15(16)10-14)11-17-6-8-18(9-7-17)13(2)19/h3-5,10,12H,6-9,11H2,1-2H3/t12-/m1/s1. The van der Waals surface area contributed by atoms with Crippen LogP contribution in [0.4, 0.5) is 0 Å². The fourth-order valence-corrected chi connectivity index (χ4v) is 2.75. The predicted molar refractivity (Wildman–Crippen MR) is 78.6 cm³/mol. The van der Waals surface area contributed by atoms with Crippen LogP contribution in [0.5, 0.6) is 0 Å². The van der Waals surface area contributed by atoms with Gasteiger partial charge in [-0.15, -0.1) is 0 Å². The second-order valence-electron chi connectivity index (χ2n) is 5.26. The molecule has 104 valence electrons. The molecule has 3 nitrogen and oxygen atoms in total. The van der Waals surface area contributed by atoms with Crippen LogP contribution >= 0.6 is 11.6 Å². The lowest BCUT2D eigenvalue weighted by Crippen LogP contribution is -2.48. The highest BCUT2D eigenvalue weighted by Crippen LogP contribution is 2.20. The number of rotatable bonds is 3. The third-order valence-corrected chi connectivity index (χ3v) is 4.00. The number of hydrogen-bond donors (Lipinski definition) is 0. The maximum atomic E-state index is 11.3. The van der Waals surface area contributed by atoms with Crippen molar-refractivity contribution >= 4 is 17.5 Å². The first-order valence-corrected chi connectivity index (χ1v) is 7.17. The number of hydrogen-bond acceptors (Lipinski definition) is 2. The SMILES string of the molecule is CC(=O)N1CCN(C[C@@H](C)c2cccc(Cl)c2)CC1. The molecule has 0 aromatic heterocycles. The Morgan fingerprint density at radius 2 is 2.00 bits per heavy atom. The zero-order valence-electron chi connectivity index (χ0n) is 11.6. The summed E-state index contributed by atoms with van der Waals surface area (Å²) >= 11 is 6.03. The summed E-state index contributed by atoms with van der Waals surface area (Å²) in [5.41, 5.74) is 1.28. The molecule has 0 bridgehead atoms. The number of amides is 1. The predicted octanol–water partition coefficient (Wildman–Crippen LogP) is 2.61.